The molecular weight excluding hydrogens is 258 g/mol. The molecule has 0 aromatic heterocycles. The lowest BCUT2D eigenvalue weighted by Crippen LogP contribution is -2.62. The molecule has 0 aromatic carbocycles. The predicted octanol–water partition coefficient (Wildman–Crippen LogP) is 4.53. The number of rotatable bonds is 0. The molecule has 1 N–H and O–H groups in total. The van der Waals surface area contributed by atoms with Gasteiger partial charge in [0.15, 0.2) is 0 Å². The molecule has 1 heterocycles. The molecule has 1 saturated heterocycles. The van der Waals surface area contributed by atoms with Crippen LogP contribution in [0.4, 0.5) is 0 Å². The molecule has 3 rings (SSSR count). The molecule has 2 heteroatoms. The Balaban J connectivity index is 1.61. The first kappa shape index (κ1) is 15.8. The molecule has 3 atom stereocenters. The van der Waals surface area contributed by atoms with Crippen LogP contribution in [0.25, 0.3) is 0 Å². The smallest absolute Gasteiger partial charge is 0.0811 e. The lowest BCUT2D eigenvalue weighted by atomic mass is 9.67. The van der Waals surface area contributed by atoms with E-state index in [-0.39, 0.29) is 5.60 Å². The van der Waals surface area contributed by atoms with Crippen LogP contribution in [0, 0.1) is 16.7 Å². The SMILES string of the molecule is CC1(C)CCC2(CC1)CNC1CC(C(C)(C)C)CCC1O2. The van der Waals surface area contributed by atoms with Crippen LogP contribution in [0.3, 0.4) is 0 Å². The first-order chi connectivity index (χ1) is 9.69. The molecular formula is C19H35NO. The van der Waals surface area contributed by atoms with Crippen molar-refractivity contribution >= 4 is 0 Å². The molecule has 2 aliphatic carbocycles. The van der Waals surface area contributed by atoms with Crippen molar-refractivity contribution in [1.82, 2.24) is 5.32 Å². The van der Waals surface area contributed by atoms with Crippen LogP contribution in [0.15, 0.2) is 0 Å². The van der Waals surface area contributed by atoms with E-state index in [4.69, 9.17) is 4.74 Å². The van der Waals surface area contributed by atoms with Crippen molar-refractivity contribution in [3.63, 3.8) is 0 Å². The number of fused-ring (bicyclic) bond motifs is 1. The highest BCUT2D eigenvalue weighted by Gasteiger charge is 2.47. The molecule has 1 aliphatic heterocycles. The van der Waals surface area contributed by atoms with Crippen molar-refractivity contribution in [2.75, 3.05) is 6.54 Å². The van der Waals surface area contributed by atoms with Gasteiger partial charge >= 0.3 is 0 Å². The molecule has 1 spiro atoms. The van der Waals surface area contributed by atoms with Crippen LogP contribution in [-0.2, 0) is 4.74 Å². The van der Waals surface area contributed by atoms with Crippen LogP contribution >= 0.6 is 0 Å². The van der Waals surface area contributed by atoms with Crippen molar-refractivity contribution in [2.45, 2.75) is 97.3 Å². The van der Waals surface area contributed by atoms with E-state index in [0.29, 0.717) is 23.0 Å². The Bertz CT molecular complexity index is 372. The topological polar surface area (TPSA) is 21.3 Å². The summed E-state index contributed by atoms with van der Waals surface area (Å²) in [5.74, 6) is 0.842. The zero-order valence-electron chi connectivity index (χ0n) is 14.8. The first-order valence-electron chi connectivity index (χ1n) is 9.10. The maximum absolute atomic E-state index is 6.71. The highest BCUT2D eigenvalue weighted by atomic mass is 16.5. The lowest BCUT2D eigenvalue weighted by Gasteiger charge is -2.53. The zero-order chi connectivity index (χ0) is 15.3. The van der Waals surface area contributed by atoms with E-state index in [0.717, 1.165) is 12.5 Å². The van der Waals surface area contributed by atoms with Gasteiger partial charge in [-0.3, -0.25) is 0 Å². The third-order valence-corrected chi connectivity index (χ3v) is 6.61. The van der Waals surface area contributed by atoms with Gasteiger partial charge in [-0.15, -0.1) is 0 Å². The molecule has 3 aliphatic rings. The average Bonchev–Trinajstić information content (AvgIpc) is 2.41. The standard InChI is InChI=1S/C19H35NO/c1-17(2,3)14-6-7-16-15(12-14)20-13-19(21-16)10-8-18(4,5)9-11-19/h14-16,20H,6-13H2,1-5H3. The minimum Gasteiger partial charge on any atom is -0.369 e. The van der Waals surface area contributed by atoms with Gasteiger partial charge in [-0.25, -0.2) is 0 Å². The molecule has 3 fully saturated rings. The Morgan fingerprint density at radius 1 is 1.00 bits per heavy atom. The highest BCUT2D eigenvalue weighted by molar-refractivity contribution is 5.01. The lowest BCUT2D eigenvalue weighted by molar-refractivity contribution is -0.175. The molecule has 0 aromatic rings. The molecule has 3 unspecified atom stereocenters. The van der Waals surface area contributed by atoms with Crippen molar-refractivity contribution in [3.8, 4) is 0 Å². The summed E-state index contributed by atoms with van der Waals surface area (Å²) in [6.07, 6.45) is 9.50. The number of hydrogen-bond acceptors (Lipinski definition) is 2. The minimum atomic E-state index is 0.158. The molecule has 21 heavy (non-hydrogen) atoms. The maximum atomic E-state index is 6.71. The van der Waals surface area contributed by atoms with Crippen LogP contribution < -0.4 is 5.32 Å². The van der Waals surface area contributed by atoms with Crippen molar-refractivity contribution < 1.29 is 4.74 Å². The summed E-state index contributed by atoms with van der Waals surface area (Å²) in [6.45, 7) is 13.1. The molecule has 122 valence electrons. The fourth-order valence-corrected chi connectivity index (χ4v) is 4.64. The summed E-state index contributed by atoms with van der Waals surface area (Å²) in [4.78, 5) is 0. The maximum Gasteiger partial charge on any atom is 0.0811 e. The highest BCUT2D eigenvalue weighted by Crippen LogP contribution is 2.46. The second-order valence-corrected chi connectivity index (χ2v) is 9.87. The Labute approximate surface area is 131 Å². The number of hydrogen-bond donors (Lipinski definition) is 1. The third-order valence-electron chi connectivity index (χ3n) is 6.61. The van der Waals surface area contributed by atoms with E-state index in [9.17, 15) is 0 Å². The fraction of sp³-hybridized carbons (Fsp3) is 1.00. The second-order valence-electron chi connectivity index (χ2n) is 9.87. The molecule has 2 nitrogen and oxygen atoms in total. The Hall–Kier alpha value is -0.0800. The normalized spacial score (nSPS) is 39.0. The predicted molar refractivity (Wildman–Crippen MR) is 88.4 cm³/mol. The van der Waals surface area contributed by atoms with Crippen LogP contribution in [-0.4, -0.2) is 24.3 Å². The first-order valence-corrected chi connectivity index (χ1v) is 9.10. The summed E-state index contributed by atoms with van der Waals surface area (Å²) >= 11 is 0. The summed E-state index contributed by atoms with van der Waals surface area (Å²) in [7, 11) is 0. The average molecular weight is 293 g/mol. The third kappa shape index (κ3) is 3.32. The van der Waals surface area contributed by atoms with Crippen LogP contribution in [0.1, 0.15) is 79.6 Å². The second kappa shape index (κ2) is 5.23. The van der Waals surface area contributed by atoms with Gasteiger partial charge in [0.2, 0.25) is 0 Å². The van der Waals surface area contributed by atoms with E-state index >= 15 is 0 Å². The van der Waals surface area contributed by atoms with E-state index in [2.05, 4.69) is 39.9 Å². The van der Waals surface area contributed by atoms with Gasteiger partial charge in [-0.05, 0) is 61.7 Å². The summed E-state index contributed by atoms with van der Waals surface area (Å²) in [6, 6.07) is 0.600. The Morgan fingerprint density at radius 2 is 1.67 bits per heavy atom. The number of morpholine rings is 1. The summed E-state index contributed by atoms with van der Waals surface area (Å²) < 4.78 is 6.71. The quantitative estimate of drug-likeness (QED) is 0.708. The van der Waals surface area contributed by atoms with Crippen molar-refractivity contribution in [2.24, 2.45) is 16.7 Å². The Morgan fingerprint density at radius 3 is 2.29 bits per heavy atom. The van der Waals surface area contributed by atoms with E-state index < -0.39 is 0 Å². The van der Waals surface area contributed by atoms with E-state index in [1.54, 1.807) is 0 Å². The van der Waals surface area contributed by atoms with Crippen molar-refractivity contribution in [1.29, 1.82) is 0 Å². The van der Waals surface area contributed by atoms with Gasteiger partial charge in [0.25, 0.3) is 0 Å². The summed E-state index contributed by atoms with van der Waals surface area (Å²) in [5.41, 5.74) is 1.12. The van der Waals surface area contributed by atoms with Crippen LogP contribution in [0.5, 0.6) is 0 Å². The van der Waals surface area contributed by atoms with E-state index in [1.165, 1.54) is 44.9 Å². The van der Waals surface area contributed by atoms with Gasteiger partial charge in [-0.1, -0.05) is 34.6 Å². The molecule has 0 amide bonds. The number of nitrogens with one attached hydrogen (secondary N) is 1. The fourth-order valence-electron chi connectivity index (χ4n) is 4.64. The van der Waals surface area contributed by atoms with Crippen LogP contribution in [0.2, 0.25) is 0 Å². The minimum absolute atomic E-state index is 0.158. The zero-order valence-corrected chi connectivity index (χ0v) is 14.8. The molecule has 0 bridgehead atoms. The largest absolute Gasteiger partial charge is 0.369 e. The number of ether oxygens (including phenoxy) is 1. The summed E-state index contributed by atoms with van der Waals surface area (Å²) in [5, 5.41) is 3.89. The monoisotopic (exact) mass is 293 g/mol. The van der Waals surface area contributed by atoms with Gasteiger partial charge < -0.3 is 10.1 Å². The molecule has 2 saturated carbocycles. The van der Waals surface area contributed by atoms with Crippen molar-refractivity contribution in [3.05, 3.63) is 0 Å². The van der Waals surface area contributed by atoms with Gasteiger partial charge in [-0.2, -0.15) is 0 Å². The van der Waals surface area contributed by atoms with E-state index in [1.807, 2.05) is 0 Å². The van der Waals surface area contributed by atoms with Gasteiger partial charge in [0.05, 0.1) is 11.7 Å². The van der Waals surface area contributed by atoms with Gasteiger partial charge in [0.1, 0.15) is 0 Å². The molecule has 0 radical (unpaired) electrons. The Kier molecular flexibility index (Phi) is 3.94. The van der Waals surface area contributed by atoms with Gasteiger partial charge in [0, 0.05) is 12.6 Å².